The van der Waals surface area contributed by atoms with Crippen LogP contribution in [0.2, 0.25) is 0 Å². The Morgan fingerprint density at radius 3 is 3.00 bits per heavy atom. The van der Waals surface area contributed by atoms with Crippen LogP contribution in [0.3, 0.4) is 0 Å². The fourth-order valence-corrected chi connectivity index (χ4v) is 1.03. The van der Waals surface area contributed by atoms with E-state index in [0.29, 0.717) is 12.2 Å². The van der Waals surface area contributed by atoms with Gasteiger partial charge >= 0.3 is 0 Å². The van der Waals surface area contributed by atoms with Gasteiger partial charge in [0.2, 0.25) is 5.78 Å². The predicted molar refractivity (Wildman–Crippen MR) is 43.1 cm³/mol. The van der Waals surface area contributed by atoms with Crippen molar-refractivity contribution in [3.05, 3.63) is 24.5 Å². The lowest BCUT2D eigenvalue weighted by molar-refractivity contribution is -0.115. The van der Waals surface area contributed by atoms with Crippen LogP contribution in [-0.2, 0) is 9.53 Å². The first-order valence-corrected chi connectivity index (χ1v) is 3.80. The second-order valence-electron chi connectivity index (χ2n) is 2.50. The second kappa shape index (κ2) is 3.37. The normalized spacial score (nSPS) is 27.2. The molecule has 0 unspecified atom stereocenters. The number of carbonyl (C=O) groups is 1. The molecule has 11 heavy (non-hydrogen) atoms. The summed E-state index contributed by atoms with van der Waals surface area (Å²) in [7, 11) is 0. The first kappa shape index (κ1) is 8.05. The third kappa shape index (κ3) is 1.70. The van der Waals surface area contributed by atoms with E-state index < -0.39 is 0 Å². The van der Waals surface area contributed by atoms with Gasteiger partial charge in [0.25, 0.3) is 0 Å². The minimum absolute atomic E-state index is 0.0942. The van der Waals surface area contributed by atoms with Gasteiger partial charge in [0.1, 0.15) is 6.10 Å². The highest BCUT2D eigenvalue weighted by molar-refractivity contribution is 5.95. The van der Waals surface area contributed by atoms with Gasteiger partial charge in [0, 0.05) is 0 Å². The van der Waals surface area contributed by atoms with Crippen molar-refractivity contribution in [2.24, 2.45) is 0 Å². The molecule has 0 aromatic heterocycles. The Kier molecular flexibility index (Phi) is 2.47. The number of carbonyl (C=O) groups excluding carboxylic acids is 1. The Hall–Kier alpha value is -1.05. The number of ketones is 1. The van der Waals surface area contributed by atoms with Gasteiger partial charge in [-0.1, -0.05) is 19.6 Å². The van der Waals surface area contributed by atoms with Crippen molar-refractivity contribution in [1.29, 1.82) is 0 Å². The number of allylic oxidation sites excluding steroid dienone is 2. The predicted octanol–water partition coefficient (Wildman–Crippen LogP) is 1.82. The summed E-state index contributed by atoms with van der Waals surface area (Å²) in [6, 6.07) is 0. The molecule has 0 bridgehead atoms. The highest BCUT2D eigenvalue weighted by atomic mass is 16.5. The molecule has 0 aromatic rings. The van der Waals surface area contributed by atoms with E-state index in [-0.39, 0.29) is 11.9 Å². The molecular formula is C9H12O2. The molecule has 0 radical (unpaired) electrons. The maximum atomic E-state index is 11.1. The van der Waals surface area contributed by atoms with Gasteiger partial charge in [0.15, 0.2) is 5.76 Å². The largest absolute Gasteiger partial charge is 0.483 e. The topological polar surface area (TPSA) is 26.3 Å². The van der Waals surface area contributed by atoms with Gasteiger partial charge < -0.3 is 4.74 Å². The first-order valence-electron chi connectivity index (χ1n) is 3.80. The molecule has 2 nitrogen and oxygen atoms in total. The molecule has 0 saturated carbocycles. The maximum absolute atomic E-state index is 11.1. The zero-order chi connectivity index (χ0) is 8.27. The summed E-state index contributed by atoms with van der Waals surface area (Å²) in [5.41, 5.74) is 0. The van der Waals surface area contributed by atoms with E-state index >= 15 is 0 Å². The average molecular weight is 152 g/mol. The van der Waals surface area contributed by atoms with Crippen LogP contribution in [-0.4, -0.2) is 11.9 Å². The Morgan fingerprint density at radius 1 is 1.82 bits per heavy atom. The molecular weight excluding hydrogens is 140 g/mol. The summed E-state index contributed by atoms with van der Waals surface area (Å²) in [6.45, 7) is 5.54. The molecule has 1 atom stereocenters. The molecule has 2 heteroatoms. The zero-order valence-electron chi connectivity index (χ0n) is 6.67. The minimum atomic E-state index is -0.0969. The molecule has 1 aliphatic heterocycles. The van der Waals surface area contributed by atoms with Crippen LogP contribution in [0, 0.1) is 0 Å². The standard InChI is InChI=1S/C9H12O2/c1-3-5-9-8(10)6-7(4-2)11-9/h4-5,7H,2-3,6H2,1H3/b9-5-/t7-/m0/s1. The van der Waals surface area contributed by atoms with Crippen molar-refractivity contribution in [2.75, 3.05) is 0 Å². The Balaban J connectivity index is 2.65. The average Bonchev–Trinajstić information content (AvgIpc) is 2.33. The Morgan fingerprint density at radius 2 is 2.55 bits per heavy atom. The Labute approximate surface area is 66.5 Å². The molecule has 1 fully saturated rings. The van der Waals surface area contributed by atoms with Crippen LogP contribution in [0.25, 0.3) is 0 Å². The van der Waals surface area contributed by atoms with Crippen LogP contribution in [0.4, 0.5) is 0 Å². The summed E-state index contributed by atoms with van der Waals surface area (Å²) in [5, 5.41) is 0. The molecule has 1 saturated heterocycles. The molecule has 0 spiro atoms. The van der Waals surface area contributed by atoms with Gasteiger partial charge in [-0.2, -0.15) is 0 Å². The number of hydrogen-bond acceptors (Lipinski definition) is 2. The third-order valence-electron chi connectivity index (χ3n) is 1.59. The summed E-state index contributed by atoms with van der Waals surface area (Å²) in [5.74, 6) is 0.606. The maximum Gasteiger partial charge on any atom is 0.201 e. The van der Waals surface area contributed by atoms with Crippen LogP contribution in [0.5, 0.6) is 0 Å². The number of hydrogen-bond donors (Lipinski definition) is 0. The van der Waals surface area contributed by atoms with E-state index in [0.717, 1.165) is 6.42 Å². The van der Waals surface area contributed by atoms with E-state index in [4.69, 9.17) is 4.74 Å². The number of Topliss-reactive ketones (excluding diaryl/α,β-unsaturated/α-hetero) is 1. The smallest absolute Gasteiger partial charge is 0.201 e. The fraction of sp³-hybridized carbons (Fsp3) is 0.444. The van der Waals surface area contributed by atoms with Gasteiger partial charge in [-0.25, -0.2) is 0 Å². The van der Waals surface area contributed by atoms with Gasteiger partial charge in [-0.05, 0) is 12.5 Å². The lowest BCUT2D eigenvalue weighted by Crippen LogP contribution is -1.97. The second-order valence-corrected chi connectivity index (χ2v) is 2.50. The van der Waals surface area contributed by atoms with Crippen molar-refractivity contribution in [3.63, 3.8) is 0 Å². The highest BCUT2D eigenvalue weighted by Gasteiger charge is 2.25. The van der Waals surface area contributed by atoms with Crippen molar-refractivity contribution in [2.45, 2.75) is 25.9 Å². The van der Waals surface area contributed by atoms with E-state index in [2.05, 4.69) is 6.58 Å². The summed E-state index contributed by atoms with van der Waals surface area (Å²) >= 11 is 0. The van der Waals surface area contributed by atoms with Crippen molar-refractivity contribution < 1.29 is 9.53 Å². The van der Waals surface area contributed by atoms with Crippen LogP contribution >= 0.6 is 0 Å². The molecule has 0 N–H and O–H groups in total. The summed E-state index contributed by atoms with van der Waals surface area (Å²) in [6.07, 6.45) is 4.67. The van der Waals surface area contributed by atoms with Crippen LogP contribution in [0.15, 0.2) is 24.5 Å². The molecule has 0 aromatic carbocycles. The molecule has 0 amide bonds. The first-order chi connectivity index (χ1) is 5.27. The van der Waals surface area contributed by atoms with E-state index in [1.165, 1.54) is 0 Å². The molecule has 60 valence electrons. The van der Waals surface area contributed by atoms with Crippen LogP contribution < -0.4 is 0 Å². The van der Waals surface area contributed by atoms with Gasteiger partial charge in [0.05, 0.1) is 6.42 Å². The van der Waals surface area contributed by atoms with Crippen molar-refractivity contribution >= 4 is 5.78 Å². The van der Waals surface area contributed by atoms with Crippen molar-refractivity contribution in [3.8, 4) is 0 Å². The lowest BCUT2D eigenvalue weighted by Gasteiger charge is -2.01. The Bertz CT molecular complexity index is 204. The fourth-order valence-electron chi connectivity index (χ4n) is 1.03. The highest BCUT2D eigenvalue weighted by Crippen LogP contribution is 2.20. The monoisotopic (exact) mass is 152 g/mol. The molecule has 1 rings (SSSR count). The van der Waals surface area contributed by atoms with Gasteiger partial charge in [-0.15, -0.1) is 0 Å². The molecule has 0 aliphatic carbocycles. The van der Waals surface area contributed by atoms with E-state index in [1.807, 2.05) is 13.0 Å². The third-order valence-corrected chi connectivity index (χ3v) is 1.59. The lowest BCUT2D eigenvalue weighted by atomic mass is 10.2. The summed E-state index contributed by atoms with van der Waals surface area (Å²) < 4.78 is 5.26. The minimum Gasteiger partial charge on any atom is -0.483 e. The zero-order valence-corrected chi connectivity index (χ0v) is 6.67. The van der Waals surface area contributed by atoms with E-state index in [9.17, 15) is 4.79 Å². The summed E-state index contributed by atoms with van der Waals surface area (Å²) in [4.78, 5) is 11.1. The number of rotatable bonds is 2. The van der Waals surface area contributed by atoms with Crippen LogP contribution in [0.1, 0.15) is 19.8 Å². The number of ether oxygens (including phenoxy) is 1. The van der Waals surface area contributed by atoms with E-state index in [1.54, 1.807) is 6.08 Å². The molecule has 1 aliphatic rings. The quantitative estimate of drug-likeness (QED) is 0.445. The molecule has 1 heterocycles. The SMILES string of the molecule is C=C[C@H]1CC(=O)/C(=C/CC)O1. The van der Waals surface area contributed by atoms with Gasteiger partial charge in [-0.3, -0.25) is 4.79 Å². The van der Waals surface area contributed by atoms with Crippen molar-refractivity contribution in [1.82, 2.24) is 0 Å².